The van der Waals surface area contributed by atoms with E-state index in [1.54, 1.807) is 0 Å². The van der Waals surface area contributed by atoms with Gasteiger partial charge in [-0.15, -0.1) is 0 Å². The number of hydrogen-bond donors (Lipinski definition) is 1. The molecule has 0 atom stereocenters. The lowest BCUT2D eigenvalue weighted by molar-refractivity contribution is 0.0693. The largest absolute Gasteiger partial charge is 0.477 e. The fourth-order valence-electron chi connectivity index (χ4n) is 1.35. The molecule has 1 aromatic carbocycles. The van der Waals surface area contributed by atoms with E-state index < -0.39 is 17.6 Å². The lowest BCUT2D eigenvalue weighted by atomic mass is 10.2. The van der Waals surface area contributed by atoms with Crippen LogP contribution in [0.15, 0.2) is 36.7 Å². The summed E-state index contributed by atoms with van der Waals surface area (Å²) in [6.07, 6.45) is 2.41. The molecule has 0 aliphatic heterocycles. The van der Waals surface area contributed by atoms with Gasteiger partial charge in [-0.2, -0.15) is 0 Å². The van der Waals surface area contributed by atoms with Crippen molar-refractivity contribution in [2.24, 2.45) is 0 Å². The Morgan fingerprint density at radius 3 is 2.50 bits per heavy atom. The number of carbonyl (C=O) groups is 1. The second kappa shape index (κ2) is 4.79. The van der Waals surface area contributed by atoms with Crippen molar-refractivity contribution in [2.45, 2.75) is 0 Å². The minimum Gasteiger partial charge on any atom is -0.477 e. The highest BCUT2D eigenvalue weighted by atomic mass is 19.1. The highest BCUT2D eigenvalue weighted by molar-refractivity contribution is 5.90. The maximum atomic E-state index is 12.9. The van der Waals surface area contributed by atoms with Gasteiger partial charge in [0.05, 0.1) is 0 Å². The van der Waals surface area contributed by atoms with E-state index in [0.29, 0.717) is 6.07 Å². The predicted molar refractivity (Wildman–Crippen MR) is 57.6 cm³/mol. The van der Waals surface area contributed by atoms with Gasteiger partial charge in [0, 0.05) is 36.7 Å². The van der Waals surface area contributed by atoms with Gasteiger partial charge in [0.1, 0.15) is 28.7 Å². The normalized spacial score (nSPS) is 10.1. The number of hydrogen-bond acceptors (Lipinski definition) is 3. The van der Waals surface area contributed by atoms with Gasteiger partial charge in [0.25, 0.3) is 0 Å². The van der Waals surface area contributed by atoms with E-state index in [1.165, 1.54) is 12.3 Å². The van der Waals surface area contributed by atoms with Gasteiger partial charge in [-0.05, 0) is 0 Å². The molecule has 0 spiro atoms. The average Bonchev–Trinajstić information content (AvgIpc) is 2.27. The summed E-state index contributed by atoms with van der Waals surface area (Å²) in [5.74, 6) is -3.02. The van der Waals surface area contributed by atoms with Crippen molar-refractivity contribution in [3.63, 3.8) is 0 Å². The summed E-state index contributed by atoms with van der Waals surface area (Å²) in [6.45, 7) is 0. The summed E-state index contributed by atoms with van der Waals surface area (Å²) in [5, 5.41) is 8.88. The molecule has 92 valence electrons. The van der Waals surface area contributed by atoms with E-state index in [1.807, 2.05) is 0 Å². The number of aromatic nitrogens is 1. The lowest BCUT2D eigenvalue weighted by Crippen LogP contribution is -2.00. The van der Waals surface area contributed by atoms with E-state index in [9.17, 15) is 13.6 Å². The topological polar surface area (TPSA) is 59.4 Å². The number of carboxylic acid groups (broad SMARTS) is 1. The third-order valence-electron chi connectivity index (χ3n) is 2.08. The van der Waals surface area contributed by atoms with Gasteiger partial charge in [-0.3, -0.25) is 4.98 Å². The van der Waals surface area contributed by atoms with Crippen LogP contribution >= 0.6 is 0 Å². The summed E-state index contributed by atoms with van der Waals surface area (Å²) in [6, 6.07) is 3.90. The number of rotatable bonds is 3. The van der Waals surface area contributed by atoms with Crippen molar-refractivity contribution in [1.29, 1.82) is 0 Å². The highest BCUT2D eigenvalue weighted by Crippen LogP contribution is 2.25. The molecule has 0 fully saturated rings. The van der Waals surface area contributed by atoms with Crippen molar-refractivity contribution in [1.82, 2.24) is 4.98 Å². The standard InChI is InChI=1S/C12H7F2NO3/c13-7-3-8(14)5-9(4-7)18-11-1-2-15-6-10(11)12(16)17/h1-6H,(H,16,17). The highest BCUT2D eigenvalue weighted by Gasteiger charge is 2.12. The first-order valence-electron chi connectivity index (χ1n) is 4.87. The number of benzene rings is 1. The van der Waals surface area contributed by atoms with E-state index in [4.69, 9.17) is 9.84 Å². The second-order valence-electron chi connectivity index (χ2n) is 3.38. The third kappa shape index (κ3) is 2.60. The Kier molecular flexibility index (Phi) is 3.18. The molecule has 18 heavy (non-hydrogen) atoms. The maximum Gasteiger partial charge on any atom is 0.341 e. The van der Waals surface area contributed by atoms with Crippen LogP contribution in [0.1, 0.15) is 10.4 Å². The van der Waals surface area contributed by atoms with Crippen molar-refractivity contribution < 1.29 is 23.4 Å². The van der Waals surface area contributed by atoms with Gasteiger partial charge in [0.15, 0.2) is 0 Å². The Labute approximate surface area is 100 Å². The van der Waals surface area contributed by atoms with Crippen LogP contribution in [-0.4, -0.2) is 16.1 Å². The third-order valence-corrected chi connectivity index (χ3v) is 2.08. The monoisotopic (exact) mass is 251 g/mol. The van der Waals surface area contributed by atoms with Gasteiger partial charge < -0.3 is 9.84 Å². The molecule has 0 bridgehead atoms. The molecule has 0 aliphatic carbocycles. The number of pyridine rings is 1. The van der Waals surface area contributed by atoms with Crippen molar-refractivity contribution in [2.75, 3.05) is 0 Å². The number of carboxylic acids is 1. The molecule has 1 heterocycles. The van der Waals surface area contributed by atoms with Crippen LogP contribution in [0.3, 0.4) is 0 Å². The summed E-state index contributed by atoms with van der Waals surface area (Å²) >= 11 is 0. The zero-order chi connectivity index (χ0) is 13.1. The van der Waals surface area contributed by atoms with E-state index in [0.717, 1.165) is 18.3 Å². The van der Waals surface area contributed by atoms with Crippen molar-refractivity contribution >= 4 is 5.97 Å². The first kappa shape index (κ1) is 12.0. The molecule has 0 aliphatic rings. The number of halogens is 2. The molecule has 0 saturated heterocycles. The number of ether oxygens (including phenoxy) is 1. The van der Waals surface area contributed by atoms with Gasteiger partial charge >= 0.3 is 5.97 Å². The van der Waals surface area contributed by atoms with Crippen LogP contribution in [0, 0.1) is 11.6 Å². The minimum atomic E-state index is -1.24. The van der Waals surface area contributed by atoms with Crippen LogP contribution in [0.25, 0.3) is 0 Å². The quantitative estimate of drug-likeness (QED) is 0.911. The van der Waals surface area contributed by atoms with E-state index in [-0.39, 0.29) is 17.1 Å². The minimum absolute atomic E-state index is 0.0394. The van der Waals surface area contributed by atoms with Crippen molar-refractivity contribution in [3.05, 3.63) is 53.9 Å². The van der Waals surface area contributed by atoms with Crippen LogP contribution < -0.4 is 4.74 Å². The Bertz CT molecular complexity index is 581. The van der Waals surface area contributed by atoms with E-state index in [2.05, 4.69) is 4.98 Å². The van der Waals surface area contributed by atoms with Crippen LogP contribution in [0.2, 0.25) is 0 Å². The van der Waals surface area contributed by atoms with Crippen LogP contribution in [0.5, 0.6) is 11.5 Å². The zero-order valence-corrected chi connectivity index (χ0v) is 8.93. The molecule has 1 aromatic heterocycles. The Balaban J connectivity index is 2.37. The number of nitrogens with zero attached hydrogens (tertiary/aromatic N) is 1. The SMILES string of the molecule is O=C(O)c1cnccc1Oc1cc(F)cc(F)c1. The van der Waals surface area contributed by atoms with Crippen molar-refractivity contribution in [3.8, 4) is 11.5 Å². The van der Waals surface area contributed by atoms with Gasteiger partial charge in [-0.25, -0.2) is 13.6 Å². The predicted octanol–water partition coefficient (Wildman–Crippen LogP) is 2.85. The molecule has 2 rings (SSSR count). The average molecular weight is 251 g/mol. The van der Waals surface area contributed by atoms with Crippen LogP contribution in [0.4, 0.5) is 8.78 Å². The van der Waals surface area contributed by atoms with Gasteiger partial charge in [0.2, 0.25) is 0 Å². The first-order valence-corrected chi connectivity index (χ1v) is 4.87. The molecular weight excluding hydrogens is 244 g/mol. The molecule has 0 amide bonds. The van der Waals surface area contributed by atoms with E-state index >= 15 is 0 Å². The molecule has 2 aromatic rings. The summed E-state index contributed by atoms with van der Waals surface area (Å²) < 4.78 is 31.0. The van der Waals surface area contributed by atoms with Crippen LogP contribution in [-0.2, 0) is 0 Å². The Morgan fingerprint density at radius 1 is 1.22 bits per heavy atom. The molecule has 0 saturated carbocycles. The fourth-order valence-corrected chi connectivity index (χ4v) is 1.35. The summed E-state index contributed by atoms with van der Waals surface area (Å²) in [5.41, 5.74) is -0.192. The second-order valence-corrected chi connectivity index (χ2v) is 3.38. The summed E-state index contributed by atoms with van der Waals surface area (Å²) in [4.78, 5) is 14.5. The zero-order valence-electron chi connectivity index (χ0n) is 8.93. The number of aromatic carboxylic acids is 1. The Hall–Kier alpha value is -2.50. The smallest absolute Gasteiger partial charge is 0.341 e. The first-order chi connectivity index (χ1) is 8.56. The molecule has 0 unspecified atom stereocenters. The molecular formula is C12H7F2NO3. The maximum absolute atomic E-state index is 12.9. The fraction of sp³-hybridized carbons (Fsp3) is 0. The summed E-state index contributed by atoms with van der Waals surface area (Å²) in [7, 11) is 0. The Morgan fingerprint density at radius 2 is 1.89 bits per heavy atom. The lowest BCUT2D eigenvalue weighted by Gasteiger charge is -2.08. The molecule has 0 radical (unpaired) electrons. The molecule has 6 heteroatoms. The molecule has 4 nitrogen and oxygen atoms in total. The molecule has 1 N–H and O–H groups in total. The van der Waals surface area contributed by atoms with Gasteiger partial charge in [-0.1, -0.05) is 0 Å².